The molecule has 0 saturated carbocycles. The topological polar surface area (TPSA) is 105 Å². The second-order valence-corrected chi connectivity index (χ2v) is 9.73. The van der Waals surface area contributed by atoms with E-state index in [0.29, 0.717) is 29.6 Å². The maximum absolute atomic E-state index is 12.5. The van der Waals surface area contributed by atoms with E-state index in [0.717, 1.165) is 27.7 Å². The second-order valence-electron chi connectivity index (χ2n) is 7.49. The maximum atomic E-state index is 12.5. The van der Waals surface area contributed by atoms with Gasteiger partial charge in [0.1, 0.15) is 0 Å². The first-order valence-electron chi connectivity index (χ1n) is 10.3. The quantitative estimate of drug-likeness (QED) is 0.340. The second kappa shape index (κ2) is 8.78. The van der Waals surface area contributed by atoms with E-state index in [4.69, 9.17) is 14.0 Å². The Morgan fingerprint density at radius 3 is 2.55 bits per heavy atom. The van der Waals surface area contributed by atoms with Gasteiger partial charge in [-0.1, -0.05) is 29.5 Å². The number of nitrogens with zero attached hydrogens (tertiary/aromatic N) is 6. The Morgan fingerprint density at radius 2 is 1.76 bits per heavy atom. The first-order chi connectivity index (χ1) is 16.1. The van der Waals surface area contributed by atoms with Crippen LogP contribution in [0.3, 0.4) is 0 Å². The molecule has 3 heterocycles. The minimum absolute atomic E-state index is 0.498. The predicted molar refractivity (Wildman–Crippen MR) is 124 cm³/mol. The molecule has 0 aliphatic carbocycles. The van der Waals surface area contributed by atoms with E-state index in [9.17, 15) is 4.57 Å². The van der Waals surface area contributed by atoms with Crippen molar-refractivity contribution >= 4 is 35.1 Å². The predicted octanol–water partition coefficient (Wildman–Crippen LogP) is 3.52. The van der Waals surface area contributed by atoms with E-state index in [2.05, 4.69) is 26.3 Å². The van der Waals surface area contributed by atoms with Crippen molar-refractivity contribution in [3.63, 3.8) is 0 Å². The number of pyridine rings is 1. The minimum Gasteiger partial charge on any atom is -0.309 e. The Balaban J connectivity index is 1.39. The van der Waals surface area contributed by atoms with E-state index >= 15 is 0 Å². The van der Waals surface area contributed by atoms with Gasteiger partial charge in [0.15, 0.2) is 5.65 Å². The fourth-order valence-corrected chi connectivity index (χ4v) is 4.75. The van der Waals surface area contributed by atoms with Crippen LogP contribution < -0.4 is 5.30 Å². The molecule has 0 saturated heterocycles. The van der Waals surface area contributed by atoms with Crippen molar-refractivity contribution in [1.82, 2.24) is 29.9 Å². The number of hydrogen-bond acceptors (Lipinski definition) is 8. The van der Waals surface area contributed by atoms with E-state index in [1.54, 1.807) is 29.2 Å². The molecule has 5 rings (SSSR count). The molecule has 0 radical (unpaired) electrons. The third-order valence-electron chi connectivity index (χ3n) is 5.40. The van der Waals surface area contributed by atoms with Crippen LogP contribution in [0.2, 0.25) is 0 Å². The zero-order valence-electron chi connectivity index (χ0n) is 18.1. The summed E-state index contributed by atoms with van der Waals surface area (Å²) < 4.78 is 24.4. The first-order valence-corrected chi connectivity index (χ1v) is 11.8. The molecule has 0 bridgehead atoms. The molecule has 33 heavy (non-hydrogen) atoms. The average Bonchev–Trinajstić information content (AvgIpc) is 3.26. The Morgan fingerprint density at radius 1 is 0.970 bits per heavy atom. The van der Waals surface area contributed by atoms with Gasteiger partial charge in [-0.25, -0.2) is 14.6 Å². The molecule has 0 spiro atoms. The van der Waals surface area contributed by atoms with E-state index in [-0.39, 0.29) is 0 Å². The number of aromatic nitrogens is 6. The van der Waals surface area contributed by atoms with Crippen LogP contribution in [0, 0.1) is 0 Å². The van der Waals surface area contributed by atoms with Gasteiger partial charge in [0.25, 0.3) is 0 Å². The smallest absolute Gasteiger partial charge is 0.309 e. The summed E-state index contributed by atoms with van der Waals surface area (Å²) in [5.41, 5.74) is 4.92. The van der Waals surface area contributed by atoms with Crippen LogP contribution in [-0.2, 0) is 26.6 Å². The van der Waals surface area contributed by atoms with Crippen LogP contribution in [0.5, 0.6) is 0 Å². The van der Waals surface area contributed by atoms with Crippen LogP contribution in [0.15, 0.2) is 67.0 Å². The van der Waals surface area contributed by atoms with Crippen molar-refractivity contribution in [3.05, 3.63) is 83.8 Å². The van der Waals surface area contributed by atoms with Crippen LogP contribution in [0.25, 0.3) is 22.2 Å². The summed E-state index contributed by atoms with van der Waals surface area (Å²) in [6.45, 7) is 0.525. The summed E-state index contributed by atoms with van der Waals surface area (Å²) >= 11 is 0. The first kappa shape index (κ1) is 21.3. The van der Waals surface area contributed by atoms with Gasteiger partial charge in [0.2, 0.25) is 5.65 Å². The molecule has 9 nitrogen and oxygen atoms in total. The summed E-state index contributed by atoms with van der Waals surface area (Å²) in [5.74, 6) is 0. The van der Waals surface area contributed by atoms with E-state index in [1.165, 1.54) is 14.2 Å². The van der Waals surface area contributed by atoms with Gasteiger partial charge in [-0.15, -0.1) is 5.10 Å². The lowest BCUT2D eigenvalue weighted by Crippen LogP contribution is -2.08. The highest BCUT2D eigenvalue weighted by molar-refractivity contribution is 7.62. The van der Waals surface area contributed by atoms with Gasteiger partial charge >= 0.3 is 7.60 Å². The number of fused-ring (bicyclic) bond motifs is 2. The van der Waals surface area contributed by atoms with Crippen LogP contribution in [-0.4, -0.2) is 44.2 Å². The third-order valence-corrected chi connectivity index (χ3v) is 7.29. The Kier molecular flexibility index (Phi) is 5.68. The summed E-state index contributed by atoms with van der Waals surface area (Å²) in [4.78, 5) is 13.5. The van der Waals surface area contributed by atoms with Crippen molar-refractivity contribution in [2.75, 3.05) is 14.2 Å². The molecule has 0 fully saturated rings. The Hall–Kier alpha value is -3.52. The standard InChI is InChI=1S/C23H21N6O3P/c1-31-33(30,32-2)20-8-5-16(6-9-20)13-19-14-25-22-23(26-19)29(28-27-22)15-17-7-10-21-18(12-17)4-3-11-24-21/h3-12,14H,13,15H2,1-2H3. The van der Waals surface area contributed by atoms with Gasteiger partial charge in [-0.2, -0.15) is 0 Å². The molecule has 3 aromatic heterocycles. The largest absolute Gasteiger partial charge is 0.360 e. The van der Waals surface area contributed by atoms with Gasteiger partial charge in [0.05, 0.1) is 29.3 Å². The summed E-state index contributed by atoms with van der Waals surface area (Å²) in [6.07, 6.45) is 4.04. The molecule has 166 valence electrons. The van der Waals surface area contributed by atoms with Crippen molar-refractivity contribution in [3.8, 4) is 0 Å². The van der Waals surface area contributed by atoms with Gasteiger partial charge in [0, 0.05) is 32.2 Å². The molecule has 0 unspecified atom stereocenters. The monoisotopic (exact) mass is 460 g/mol. The van der Waals surface area contributed by atoms with Crippen molar-refractivity contribution in [1.29, 1.82) is 0 Å². The average molecular weight is 460 g/mol. The zero-order valence-corrected chi connectivity index (χ0v) is 19.0. The highest BCUT2D eigenvalue weighted by atomic mass is 31.2. The highest BCUT2D eigenvalue weighted by Crippen LogP contribution is 2.44. The van der Waals surface area contributed by atoms with E-state index < -0.39 is 7.60 Å². The number of rotatable bonds is 7. The normalized spacial score (nSPS) is 11.9. The van der Waals surface area contributed by atoms with Crippen molar-refractivity contribution < 1.29 is 13.6 Å². The fourth-order valence-electron chi connectivity index (χ4n) is 3.67. The third kappa shape index (κ3) is 4.26. The van der Waals surface area contributed by atoms with Crippen molar-refractivity contribution in [2.24, 2.45) is 0 Å². The molecule has 0 N–H and O–H groups in total. The number of benzene rings is 2. The lowest BCUT2D eigenvalue weighted by molar-refractivity contribution is 0.287. The molecule has 0 aliphatic heterocycles. The van der Waals surface area contributed by atoms with Crippen molar-refractivity contribution in [2.45, 2.75) is 13.0 Å². The highest BCUT2D eigenvalue weighted by Gasteiger charge is 2.23. The SMILES string of the molecule is COP(=O)(OC)c1ccc(Cc2cnc3nnn(Cc4ccc5ncccc5c4)c3n2)cc1. The van der Waals surface area contributed by atoms with Crippen LogP contribution in [0.4, 0.5) is 0 Å². The minimum atomic E-state index is -3.27. The maximum Gasteiger partial charge on any atom is 0.360 e. The zero-order chi connectivity index (χ0) is 22.8. The molecular weight excluding hydrogens is 439 g/mol. The molecule has 10 heteroatoms. The molecule has 5 aromatic rings. The lowest BCUT2D eigenvalue weighted by Gasteiger charge is -2.13. The Labute approximate surface area is 190 Å². The van der Waals surface area contributed by atoms with Gasteiger partial charge < -0.3 is 9.05 Å². The summed E-state index contributed by atoms with van der Waals surface area (Å²) in [7, 11) is -0.527. The van der Waals surface area contributed by atoms with Crippen LogP contribution >= 0.6 is 7.60 Å². The summed E-state index contributed by atoms with van der Waals surface area (Å²) in [6, 6.07) is 17.3. The van der Waals surface area contributed by atoms with Gasteiger partial charge in [-0.05, 0) is 41.5 Å². The van der Waals surface area contributed by atoms with Crippen LogP contribution in [0.1, 0.15) is 16.8 Å². The molecule has 2 aromatic carbocycles. The molecule has 0 atom stereocenters. The molecule has 0 aliphatic rings. The Bertz CT molecular complexity index is 1480. The fraction of sp³-hybridized carbons (Fsp3) is 0.174. The lowest BCUT2D eigenvalue weighted by atomic mass is 10.1. The van der Waals surface area contributed by atoms with Gasteiger partial charge in [-0.3, -0.25) is 9.55 Å². The molecular formula is C23H21N6O3P. The molecule has 0 amide bonds. The number of hydrogen-bond donors (Lipinski definition) is 0. The van der Waals surface area contributed by atoms with E-state index in [1.807, 2.05) is 36.4 Å². The summed E-state index contributed by atoms with van der Waals surface area (Å²) in [5, 5.41) is 9.97.